The van der Waals surface area contributed by atoms with Crippen LogP contribution in [0.3, 0.4) is 0 Å². The molecule has 1 fully saturated rings. The van der Waals surface area contributed by atoms with Crippen molar-refractivity contribution in [2.24, 2.45) is 5.92 Å². The number of hydrogen-bond acceptors (Lipinski definition) is 6. The van der Waals surface area contributed by atoms with Crippen LogP contribution in [0.5, 0.6) is 0 Å². The minimum atomic E-state index is -4.65. The van der Waals surface area contributed by atoms with Gasteiger partial charge in [0.25, 0.3) is 5.52 Å². The van der Waals surface area contributed by atoms with Crippen molar-refractivity contribution < 1.29 is 32.3 Å². The number of anilines is 1. The van der Waals surface area contributed by atoms with Crippen LogP contribution in [0.1, 0.15) is 25.3 Å². The molecule has 1 heterocycles. The molecular weight excluding hydrogens is 357 g/mol. The Labute approximate surface area is 145 Å². The Bertz CT molecular complexity index is 855. The molecule has 1 aromatic carbocycles. The van der Waals surface area contributed by atoms with Gasteiger partial charge in [-0.15, -0.1) is 0 Å². The molecule has 0 radical (unpaired) electrons. The van der Waals surface area contributed by atoms with Gasteiger partial charge in [0.15, 0.2) is 5.52 Å². The van der Waals surface area contributed by atoms with Crippen molar-refractivity contribution in [3.8, 4) is 0 Å². The summed E-state index contributed by atoms with van der Waals surface area (Å²) in [6.07, 6.45) is -3.63. The summed E-state index contributed by atoms with van der Waals surface area (Å²) in [6, 6.07) is 2.18. The predicted molar refractivity (Wildman–Crippen MR) is 81.4 cm³/mol. The minimum absolute atomic E-state index is 0.0137. The number of alkyl halides is 3. The zero-order valence-corrected chi connectivity index (χ0v) is 13.6. The van der Waals surface area contributed by atoms with Gasteiger partial charge in [-0.1, -0.05) is 0 Å². The fraction of sp³-hybridized carbons (Fsp3) is 0.467. The number of carbonyl (C=O) groups is 1. The maximum Gasteiger partial charge on any atom is 0.461 e. The zero-order chi connectivity index (χ0) is 19.1. The maximum absolute atomic E-state index is 12.7. The fourth-order valence-corrected chi connectivity index (χ4v) is 2.32. The number of fused-ring (bicyclic) bond motifs is 1. The molecule has 0 bridgehead atoms. The number of aromatic nitrogens is 3. The highest BCUT2D eigenvalue weighted by Gasteiger charge is 2.34. The fourth-order valence-electron chi connectivity index (χ4n) is 2.32. The van der Waals surface area contributed by atoms with Gasteiger partial charge < -0.3 is 15.2 Å². The van der Waals surface area contributed by atoms with E-state index in [9.17, 15) is 28.4 Å². The molecule has 1 N–H and O–H groups in total. The average molecular weight is 372 g/mol. The van der Waals surface area contributed by atoms with Gasteiger partial charge in [-0.25, -0.2) is 4.73 Å². The second kappa shape index (κ2) is 6.46. The van der Waals surface area contributed by atoms with Gasteiger partial charge in [0, 0.05) is 10.9 Å². The van der Waals surface area contributed by atoms with Gasteiger partial charge in [-0.3, -0.25) is 10.1 Å². The van der Waals surface area contributed by atoms with Crippen molar-refractivity contribution in [2.75, 3.05) is 11.9 Å². The van der Waals surface area contributed by atoms with E-state index in [1.807, 2.05) is 0 Å². The average Bonchev–Trinajstić information content (AvgIpc) is 3.40. The smallest absolute Gasteiger partial charge is 0.461 e. The lowest BCUT2D eigenvalue weighted by molar-refractivity contribution is -0.672. The van der Waals surface area contributed by atoms with Crippen molar-refractivity contribution >= 4 is 23.0 Å². The Morgan fingerprint density at radius 3 is 2.69 bits per heavy atom. The number of ether oxygens (including phenoxy) is 1. The summed E-state index contributed by atoms with van der Waals surface area (Å²) in [5.41, 5.74) is -1.83. The van der Waals surface area contributed by atoms with Gasteiger partial charge >= 0.3 is 18.1 Å². The second-order valence-electron chi connectivity index (χ2n) is 6.09. The largest absolute Gasteiger partial charge is 0.739 e. The molecule has 0 saturated heterocycles. The van der Waals surface area contributed by atoms with Crippen LogP contribution in [0.4, 0.5) is 19.1 Å². The minimum Gasteiger partial charge on any atom is -0.739 e. The molecule has 11 heteroatoms. The Balaban J connectivity index is 1.78. The van der Waals surface area contributed by atoms with E-state index in [0.29, 0.717) is 12.1 Å². The number of esters is 1. The number of nitrogens with zero attached hydrogens (tertiary/aromatic N) is 3. The number of benzene rings is 1. The van der Waals surface area contributed by atoms with Crippen LogP contribution in [0.15, 0.2) is 18.2 Å². The first-order valence-corrected chi connectivity index (χ1v) is 7.85. The van der Waals surface area contributed by atoms with Crippen molar-refractivity contribution in [3.05, 3.63) is 34.2 Å². The van der Waals surface area contributed by atoms with Gasteiger partial charge in [0.1, 0.15) is 12.6 Å². The number of carbonyl (C=O) groups excluding carboxylic acids is 1. The first-order valence-electron chi connectivity index (χ1n) is 7.85. The predicted octanol–water partition coefficient (Wildman–Crippen LogP) is 1.27. The van der Waals surface area contributed by atoms with Crippen LogP contribution in [-0.4, -0.2) is 23.7 Å². The zero-order valence-electron chi connectivity index (χ0n) is 13.6. The molecule has 140 valence electrons. The monoisotopic (exact) mass is 372 g/mol. The van der Waals surface area contributed by atoms with Crippen LogP contribution in [0.25, 0.3) is 11.0 Å². The summed E-state index contributed by atoms with van der Waals surface area (Å²) < 4.78 is 43.6. The molecule has 26 heavy (non-hydrogen) atoms. The number of hydrogen-bond donors (Lipinski definition) is 1. The highest BCUT2D eigenvalue weighted by atomic mass is 19.4. The van der Waals surface area contributed by atoms with E-state index in [4.69, 9.17) is 4.74 Å². The lowest BCUT2D eigenvalue weighted by atomic mass is 10.2. The van der Waals surface area contributed by atoms with Gasteiger partial charge in [-0.2, -0.15) is 13.2 Å². The molecule has 1 atom stereocenters. The summed E-state index contributed by atoms with van der Waals surface area (Å²) in [5, 5.41) is 30.1. The van der Waals surface area contributed by atoms with E-state index in [1.54, 1.807) is 6.92 Å². The van der Waals surface area contributed by atoms with E-state index in [1.165, 1.54) is 0 Å². The first-order chi connectivity index (χ1) is 12.2. The van der Waals surface area contributed by atoms with Crippen LogP contribution in [0.2, 0.25) is 0 Å². The third-order valence-corrected chi connectivity index (χ3v) is 3.88. The molecule has 1 aliphatic rings. The Hall–Kier alpha value is -2.85. The van der Waals surface area contributed by atoms with Crippen molar-refractivity contribution in [3.63, 3.8) is 0 Å². The highest BCUT2D eigenvalue weighted by molar-refractivity contribution is 5.75. The summed E-state index contributed by atoms with van der Waals surface area (Å²) in [5.74, 6) is -0.798. The first kappa shape index (κ1) is 18.0. The summed E-state index contributed by atoms with van der Waals surface area (Å²) in [6.45, 7) is 1.62. The van der Waals surface area contributed by atoms with E-state index in [2.05, 4.69) is 10.4 Å². The van der Waals surface area contributed by atoms with E-state index < -0.39 is 29.3 Å². The van der Waals surface area contributed by atoms with Crippen molar-refractivity contribution in [1.82, 2.24) is 5.10 Å². The quantitative estimate of drug-likeness (QED) is 0.482. The van der Waals surface area contributed by atoms with Gasteiger partial charge in [-0.05, 0) is 31.9 Å². The standard InChI is InChI=1S/C15H15F3N4O4/c1-8(26-13(23)9-2-3-9)7-19-14-20-22(25)12-6-10(15(16,17)18)4-5-11(12)21(14)24/h4-6,8-9H,2-3,7H2,1H3,(H,19,20). The third kappa shape index (κ3) is 3.70. The van der Waals surface area contributed by atoms with Crippen LogP contribution in [-0.2, 0) is 15.7 Å². The van der Waals surface area contributed by atoms with Crippen molar-refractivity contribution in [1.29, 1.82) is 0 Å². The highest BCUT2D eigenvalue weighted by Crippen LogP contribution is 2.31. The van der Waals surface area contributed by atoms with Gasteiger partial charge in [0.05, 0.1) is 11.5 Å². The maximum atomic E-state index is 12.7. The molecule has 1 saturated carbocycles. The van der Waals surface area contributed by atoms with E-state index in [-0.39, 0.29) is 33.5 Å². The molecular formula is C15H15F3N4O4. The lowest BCUT2D eigenvalue weighted by Crippen LogP contribution is -2.45. The molecule has 2 aromatic rings. The topological polar surface area (TPSA) is 105 Å². The lowest BCUT2D eigenvalue weighted by Gasteiger charge is -2.14. The Morgan fingerprint density at radius 2 is 2.08 bits per heavy atom. The van der Waals surface area contributed by atoms with Crippen molar-refractivity contribution in [2.45, 2.75) is 32.0 Å². The van der Waals surface area contributed by atoms with Crippen LogP contribution < -0.4 is 14.9 Å². The number of halogens is 3. The van der Waals surface area contributed by atoms with Crippen LogP contribution in [0, 0.1) is 16.3 Å². The summed E-state index contributed by atoms with van der Waals surface area (Å²) >= 11 is 0. The normalized spacial score (nSPS) is 15.7. The third-order valence-electron chi connectivity index (χ3n) is 3.88. The molecule has 8 nitrogen and oxygen atoms in total. The summed E-state index contributed by atoms with van der Waals surface area (Å²) in [4.78, 5) is 11.5. The SMILES string of the molecule is CC(CNc1n[n+]([O-])c2cc(C(F)(F)F)ccc2[n+]1[O-])OC(=O)C1CC1. The van der Waals surface area contributed by atoms with E-state index >= 15 is 0 Å². The molecule has 3 rings (SSSR count). The molecule has 1 unspecified atom stereocenters. The second-order valence-corrected chi connectivity index (χ2v) is 6.09. The van der Waals surface area contributed by atoms with E-state index in [0.717, 1.165) is 18.9 Å². The Morgan fingerprint density at radius 1 is 1.38 bits per heavy atom. The summed E-state index contributed by atoms with van der Waals surface area (Å²) in [7, 11) is 0. The molecule has 1 aliphatic carbocycles. The molecule has 0 aliphatic heterocycles. The number of rotatable bonds is 5. The molecule has 1 aromatic heterocycles. The Kier molecular flexibility index (Phi) is 4.46. The van der Waals surface area contributed by atoms with Crippen LogP contribution >= 0.6 is 0 Å². The molecule has 0 spiro atoms. The van der Waals surface area contributed by atoms with Gasteiger partial charge in [0.2, 0.25) is 5.10 Å². The number of nitrogens with one attached hydrogen (secondary N) is 1. The molecule has 0 amide bonds.